The fourth-order valence-electron chi connectivity index (χ4n) is 2.24. The van der Waals surface area contributed by atoms with Crippen LogP contribution in [-0.4, -0.2) is 53.4 Å². The molecule has 18 heavy (non-hydrogen) atoms. The molecule has 1 atom stereocenters. The molecule has 1 heterocycles. The number of carbonyl (C=O) groups excluding carboxylic acids is 1. The molecule has 0 fully saturated rings. The second-order valence-electron chi connectivity index (χ2n) is 4.33. The Morgan fingerprint density at radius 2 is 1.94 bits per heavy atom. The van der Waals surface area contributed by atoms with E-state index in [1.54, 1.807) is 0 Å². The van der Waals surface area contributed by atoms with Gasteiger partial charge in [0.05, 0.1) is 13.2 Å². The highest BCUT2D eigenvalue weighted by atomic mass is 16.3. The molecule has 1 unspecified atom stereocenters. The first-order valence-corrected chi connectivity index (χ1v) is 6.11. The molecule has 0 spiro atoms. The van der Waals surface area contributed by atoms with Gasteiger partial charge in [0.2, 0.25) is 5.91 Å². The van der Waals surface area contributed by atoms with E-state index >= 15 is 0 Å². The molecule has 1 aliphatic rings. The maximum Gasteiger partial charge on any atom is 0.245 e. The fraction of sp³-hybridized carbons (Fsp3) is 0.462. The van der Waals surface area contributed by atoms with Gasteiger partial charge in [0.15, 0.2) is 0 Å². The number of anilines is 1. The molecule has 1 amide bonds. The van der Waals surface area contributed by atoms with Crippen molar-refractivity contribution in [2.45, 2.75) is 12.5 Å². The van der Waals surface area contributed by atoms with E-state index in [-0.39, 0.29) is 38.3 Å². The van der Waals surface area contributed by atoms with Crippen molar-refractivity contribution in [1.82, 2.24) is 4.90 Å². The number of aliphatic hydroxyl groups excluding tert-OH is 2. The summed E-state index contributed by atoms with van der Waals surface area (Å²) in [4.78, 5) is 13.7. The minimum absolute atomic E-state index is 0.0747. The van der Waals surface area contributed by atoms with Crippen molar-refractivity contribution in [2.75, 3.05) is 31.6 Å². The Morgan fingerprint density at radius 1 is 1.28 bits per heavy atom. The largest absolute Gasteiger partial charge is 0.395 e. The number of nitrogens with zero attached hydrogens (tertiary/aromatic N) is 1. The van der Waals surface area contributed by atoms with Crippen molar-refractivity contribution in [3.05, 3.63) is 29.8 Å². The molecule has 0 aliphatic carbocycles. The Morgan fingerprint density at radius 3 is 2.56 bits per heavy atom. The summed E-state index contributed by atoms with van der Waals surface area (Å²) in [5, 5.41) is 21.0. The van der Waals surface area contributed by atoms with Gasteiger partial charge >= 0.3 is 0 Å². The molecule has 5 nitrogen and oxygen atoms in total. The number of amides is 1. The van der Waals surface area contributed by atoms with E-state index < -0.39 is 0 Å². The zero-order chi connectivity index (χ0) is 13.0. The lowest BCUT2D eigenvalue weighted by atomic mass is 10.1. The molecule has 98 valence electrons. The van der Waals surface area contributed by atoms with Crippen molar-refractivity contribution < 1.29 is 15.0 Å². The van der Waals surface area contributed by atoms with Crippen LogP contribution in [0.3, 0.4) is 0 Å². The second kappa shape index (κ2) is 5.84. The van der Waals surface area contributed by atoms with Gasteiger partial charge in [0.1, 0.15) is 6.04 Å². The smallest absolute Gasteiger partial charge is 0.245 e. The van der Waals surface area contributed by atoms with Crippen LogP contribution in [0.1, 0.15) is 5.56 Å². The molecule has 1 aromatic rings. The van der Waals surface area contributed by atoms with Gasteiger partial charge < -0.3 is 20.4 Å². The van der Waals surface area contributed by atoms with Gasteiger partial charge in [0.25, 0.3) is 0 Å². The first-order valence-electron chi connectivity index (χ1n) is 6.11. The van der Waals surface area contributed by atoms with Gasteiger partial charge in [-0.25, -0.2) is 0 Å². The van der Waals surface area contributed by atoms with E-state index in [9.17, 15) is 4.79 Å². The molecule has 1 aromatic carbocycles. The van der Waals surface area contributed by atoms with Crippen LogP contribution in [0.25, 0.3) is 0 Å². The molecule has 3 N–H and O–H groups in total. The van der Waals surface area contributed by atoms with E-state index in [2.05, 4.69) is 5.32 Å². The van der Waals surface area contributed by atoms with Gasteiger partial charge in [-0.3, -0.25) is 4.79 Å². The molecule has 0 saturated carbocycles. The van der Waals surface area contributed by atoms with Gasteiger partial charge in [-0.2, -0.15) is 0 Å². The summed E-state index contributed by atoms with van der Waals surface area (Å²) in [6, 6.07) is 7.54. The van der Waals surface area contributed by atoms with Crippen LogP contribution < -0.4 is 5.32 Å². The number of carbonyl (C=O) groups is 1. The summed E-state index contributed by atoms with van der Waals surface area (Å²) < 4.78 is 0. The zero-order valence-corrected chi connectivity index (χ0v) is 10.2. The highest BCUT2D eigenvalue weighted by molar-refractivity contribution is 5.87. The summed E-state index contributed by atoms with van der Waals surface area (Å²) in [6.45, 7) is 0.332. The van der Waals surface area contributed by atoms with Gasteiger partial charge in [-0.05, 0) is 11.6 Å². The molecular formula is C13H18N2O3. The van der Waals surface area contributed by atoms with E-state index in [1.807, 2.05) is 24.3 Å². The number of para-hydroxylation sites is 1. The molecule has 2 rings (SSSR count). The summed E-state index contributed by atoms with van der Waals surface area (Å²) in [5.74, 6) is -0.0747. The van der Waals surface area contributed by atoms with Crippen LogP contribution >= 0.6 is 0 Å². The SMILES string of the molecule is O=C(C1Cc2ccccc2N1)N(CCO)CCO. The minimum Gasteiger partial charge on any atom is -0.395 e. The van der Waals surface area contributed by atoms with Crippen LogP contribution in [0.4, 0.5) is 5.69 Å². The normalized spacial score (nSPS) is 17.1. The standard InChI is InChI=1S/C13H18N2O3/c16-7-5-15(6-8-17)13(18)12-9-10-3-1-2-4-11(10)14-12/h1-4,12,14,16-17H,5-9H2. The van der Waals surface area contributed by atoms with E-state index in [0.717, 1.165) is 11.3 Å². The minimum atomic E-state index is -0.291. The highest BCUT2D eigenvalue weighted by Gasteiger charge is 2.29. The first-order chi connectivity index (χ1) is 8.76. The second-order valence-corrected chi connectivity index (χ2v) is 4.33. The third-order valence-corrected chi connectivity index (χ3v) is 3.12. The molecular weight excluding hydrogens is 232 g/mol. The highest BCUT2D eigenvalue weighted by Crippen LogP contribution is 2.25. The van der Waals surface area contributed by atoms with Gasteiger partial charge in [0, 0.05) is 25.2 Å². The zero-order valence-electron chi connectivity index (χ0n) is 10.2. The van der Waals surface area contributed by atoms with Crippen molar-refractivity contribution in [3.63, 3.8) is 0 Å². The molecule has 0 radical (unpaired) electrons. The predicted octanol–water partition coefficient (Wildman–Crippen LogP) is -0.164. The number of nitrogens with one attached hydrogen (secondary N) is 1. The number of benzene rings is 1. The summed E-state index contributed by atoms with van der Waals surface area (Å²) in [6.07, 6.45) is 0.655. The third-order valence-electron chi connectivity index (χ3n) is 3.12. The third kappa shape index (κ3) is 2.63. The molecule has 0 aromatic heterocycles. The lowest BCUT2D eigenvalue weighted by Crippen LogP contribution is -2.44. The van der Waals surface area contributed by atoms with E-state index in [0.29, 0.717) is 6.42 Å². The van der Waals surface area contributed by atoms with Crippen LogP contribution in [0.2, 0.25) is 0 Å². The Hall–Kier alpha value is -1.59. The number of aliphatic hydroxyl groups is 2. The average Bonchev–Trinajstić information content (AvgIpc) is 2.81. The average molecular weight is 250 g/mol. The van der Waals surface area contributed by atoms with Crippen molar-refractivity contribution in [2.24, 2.45) is 0 Å². The summed E-state index contributed by atoms with van der Waals surface area (Å²) in [7, 11) is 0. The fourth-order valence-corrected chi connectivity index (χ4v) is 2.24. The van der Waals surface area contributed by atoms with Crippen LogP contribution in [0.15, 0.2) is 24.3 Å². The predicted molar refractivity (Wildman–Crippen MR) is 68.3 cm³/mol. The Labute approximate surface area is 106 Å². The first kappa shape index (κ1) is 12.9. The van der Waals surface area contributed by atoms with Crippen LogP contribution in [0, 0.1) is 0 Å². The topological polar surface area (TPSA) is 72.8 Å². The Balaban J connectivity index is 2.03. The van der Waals surface area contributed by atoms with Crippen molar-refractivity contribution >= 4 is 11.6 Å². The Kier molecular flexibility index (Phi) is 4.17. The molecule has 5 heteroatoms. The van der Waals surface area contributed by atoms with Crippen LogP contribution in [0.5, 0.6) is 0 Å². The number of rotatable bonds is 5. The van der Waals surface area contributed by atoms with Crippen molar-refractivity contribution in [1.29, 1.82) is 0 Å². The maximum atomic E-state index is 12.2. The van der Waals surface area contributed by atoms with E-state index in [4.69, 9.17) is 10.2 Å². The summed E-state index contributed by atoms with van der Waals surface area (Å²) >= 11 is 0. The summed E-state index contributed by atoms with van der Waals surface area (Å²) in [5.41, 5.74) is 2.12. The monoisotopic (exact) mass is 250 g/mol. The quantitative estimate of drug-likeness (QED) is 0.679. The number of hydrogen-bond acceptors (Lipinski definition) is 4. The number of hydrogen-bond donors (Lipinski definition) is 3. The van der Waals surface area contributed by atoms with Crippen molar-refractivity contribution in [3.8, 4) is 0 Å². The lowest BCUT2D eigenvalue weighted by molar-refractivity contribution is -0.132. The van der Waals surface area contributed by atoms with Crippen LogP contribution in [-0.2, 0) is 11.2 Å². The van der Waals surface area contributed by atoms with Gasteiger partial charge in [-0.1, -0.05) is 18.2 Å². The van der Waals surface area contributed by atoms with E-state index in [1.165, 1.54) is 4.90 Å². The Bertz CT molecular complexity index is 391. The number of fused-ring (bicyclic) bond motifs is 1. The molecule has 0 bridgehead atoms. The van der Waals surface area contributed by atoms with Gasteiger partial charge in [-0.15, -0.1) is 0 Å². The maximum absolute atomic E-state index is 12.2. The molecule has 1 aliphatic heterocycles. The molecule has 0 saturated heterocycles. The lowest BCUT2D eigenvalue weighted by Gasteiger charge is -2.24.